The molecule has 0 amide bonds. The van der Waals surface area contributed by atoms with Gasteiger partial charge in [-0.25, -0.2) is 0 Å². The molecule has 2 aromatic carbocycles. The second-order valence-electron chi connectivity index (χ2n) is 3.14. The minimum Gasteiger partial charge on any atom is -0.145 e. The fourth-order valence-corrected chi connectivity index (χ4v) is 1.53. The van der Waals surface area contributed by atoms with Gasteiger partial charge < -0.3 is 0 Å². The third kappa shape index (κ3) is 5.29. The monoisotopic (exact) mass is 370 g/mol. The Balaban J connectivity index is 0.000000180. The zero-order valence-corrected chi connectivity index (χ0v) is 12.3. The summed E-state index contributed by atoms with van der Waals surface area (Å²) in [6.07, 6.45) is 0. The fourth-order valence-electron chi connectivity index (χ4n) is 1.00. The van der Waals surface area contributed by atoms with Gasteiger partial charge in [0, 0.05) is 8.95 Å². The number of halogens is 2. The van der Waals surface area contributed by atoms with Crippen LogP contribution in [0.25, 0.3) is 0 Å². The van der Waals surface area contributed by atoms with Crippen molar-refractivity contribution in [1.29, 1.82) is 0 Å². The zero-order valence-electron chi connectivity index (χ0n) is 9.09. The third-order valence-corrected chi connectivity index (χ3v) is 2.92. The van der Waals surface area contributed by atoms with E-state index in [9.17, 15) is 9.81 Å². The Labute approximate surface area is 121 Å². The van der Waals surface area contributed by atoms with Crippen LogP contribution in [-0.2, 0) is 0 Å². The van der Waals surface area contributed by atoms with Gasteiger partial charge >= 0.3 is 0 Å². The molecule has 0 saturated heterocycles. The highest BCUT2D eigenvalue weighted by Crippen LogP contribution is 2.16. The van der Waals surface area contributed by atoms with Crippen molar-refractivity contribution in [3.63, 3.8) is 0 Å². The van der Waals surface area contributed by atoms with Crippen molar-refractivity contribution in [2.24, 2.45) is 10.4 Å². The van der Waals surface area contributed by atoms with E-state index in [1.807, 2.05) is 0 Å². The maximum absolute atomic E-state index is 9.85. The SMILES string of the molecule is O=Nc1ccc(Br)cc1.O=Nc1ccc(Br)cc1. The summed E-state index contributed by atoms with van der Waals surface area (Å²) in [5.74, 6) is 0. The number of nitrogens with zero attached hydrogens (tertiary/aromatic N) is 2. The smallest absolute Gasteiger partial charge is 0.108 e. The van der Waals surface area contributed by atoms with E-state index in [0.29, 0.717) is 11.4 Å². The third-order valence-electron chi connectivity index (χ3n) is 1.86. The van der Waals surface area contributed by atoms with Gasteiger partial charge in [0.2, 0.25) is 0 Å². The van der Waals surface area contributed by atoms with Crippen LogP contribution in [0.15, 0.2) is 67.8 Å². The molecule has 6 heteroatoms. The molecular formula is C12H8Br2N2O2. The van der Waals surface area contributed by atoms with E-state index >= 15 is 0 Å². The first-order valence-electron chi connectivity index (χ1n) is 4.83. The Hall–Kier alpha value is -1.40. The summed E-state index contributed by atoms with van der Waals surface area (Å²) in [5.41, 5.74) is 0.913. The van der Waals surface area contributed by atoms with Crippen LogP contribution in [0, 0.1) is 9.81 Å². The van der Waals surface area contributed by atoms with Crippen molar-refractivity contribution in [2.75, 3.05) is 0 Å². The molecule has 4 nitrogen and oxygen atoms in total. The molecule has 0 aromatic heterocycles. The Morgan fingerprint density at radius 2 is 0.889 bits per heavy atom. The van der Waals surface area contributed by atoms with Crippen molar-refractivity contribution in [1.82, 2.24) is 0 Å². The minimum absolute atomic E-state index is 0.457. The van der Waals surface area contributed by atoms with Crippen molar-refractivity contribution in [3.8, 4) is 0 Å². The van der Waals surface area contributed by atoms with E-state index in [2.05, 4.69) is 42.2 Å². The molecule has 2 aromatic rings. The summed E-state index contributed by atoms with van der Waals surface area (Å²) in [4.78, 5) is 19.7. The number of benzene rings is 2. The van der Waals surface area contributed by atoms with Crippen molar-refractivity contribution in [3.05, 3.63) is 67.3 Å². The summed E-state index contributed by atoms with van der Waals surface area (Å²) >= 11 is 6.46. The number of nitroso groups, excluding NO2 is 2. The molecule has 0 aliphatic carbocycles. The average Bonchev–Trinajstić information content (AvgIpc) is 2.41. The molecular weight excluding hydrogens is 364 g/mol. The minimum atomic E-state index is 0.457. The molecule has 92 valence electrons. The van der Waals surface area contributed by atoms with E-state index in [4.69, 9.17) is 0 Å². The van der Waals surface area contributed by atoms with Crippen molar-refractivity contribution < 1.29 is 0 Å². The van der Waals surface area contributed by atoms with Crippen LogP contribution in [0.1, 0.15) is 0 Å². The Bertz CT molecular complexity index is 463. The summed E-state index contributed by atoms with van der Waals surface area (Å²) < 4.78 is 1.91. The normalized spacial score (nSPS) is 9.00. The predicted molar refractivity (Wildman–Crippen MR) is 79.2 cm³/mol. The predicted octanol–water partition coefficient (Wildman–Crippen LogP) is 5.69. The van der Waals surface area contributed by atoms with Gasteiger partial charge in [0.1, 0.15) is 11.4 Å². The Morgan fingerprint density at radius 1 is 0.611 bits per heavy atom. The van der Waals surface area contributed by atoms with E-state index in [1.54, 1.807) is 48.5 Å². The number of rotatable bonds is 2. The molecule has 0 radical (unpaired) electrons. The number of hydrogen-bond donors (Lipinski definition) is 0. The second kappa shape index (κ2) is 7.84. The maximum Gasteiger partial charge on any atom is 0.108 e. The fraction of sp³-hybridized carbons (Fsp3) is 0. The first kappa shape index (κ1) is 14.7. The van der Waals surface area contributed by atoms with Crippen molar-refractivity contribution >= 4 is 43.2 Å². The van der Waals surface area contributed by atoms with Gasteiger partial charge in [-0.15, -0.1) is 9.81 Å². The van der Waals surface area contributed by atoms with Crippen LogP contribution in [0.2, 0.25) is 0 Å². The number of hydrogen-bond acceptors (Lipinski definition) is 4. The zero-order chi connectivity index (χ0) is 13.4. The highest BCUT2D eigenvalue weighted by atomic mass is 79.9. The van der Waals surface area contributed by atoms with Gasteiger partial charge in [-0.3, -0.25) is 0 Å². The summed E-state index contributed by atoms with van der Waals surface area (Å²) in [6, 6.07) is 13.7. The lowest BCUT2D eigenvalue weighted by molar-refractivity contribution is 1.49. The molecule has 0 aliphatic rings. The van der Waals surface area contributed by atoms with Gasteiger partial charge in [-0.1, -0.05) is 31.9 Å². The molecule has 0 fully saturated rings. The van der Waals surface area contributed by atoms with Gasteiger partial charge in [0.15, 0.2) is 0 Å². The van der Waals surface area contributed by atoms with E-state index in [1.165, 1.54) is 0 Å². The summed E-state index contributed by atoms with van der Waals surface area (Å²) in [5, 5.41) is 5.48. The van der Waals surface area contributed by atoms with Gasteiger partial charge in [0.25, 0.3) is 0 Å². The molecule has 18 heavy (non-hydrogen) atoms. The van der Waals surface area contributed by atoms with Gasteiger partial charge in [-0.2, -0.15) is 0 Å². The van der Waals surface area contributed by atoms with Crippen LogP contribution in [0.4, 0.5) is 11.4 Å². The van der Waals surface area contributed by atoms with Crippen molar-refractivity contribution in [2.45, 2.75) is 0 Å². The lowest BCUT2D eigenvalue weighted by atomic mass is 10.3. The summed E-state index contributed by atoms with van der Waals surface area (Å²) in [6.45, 7) is 0. The van der Waals surface area contributed by atoms with Crippen LogP contribution in [-0.4, -0.2) is 0 Å². The van der Waals surface area contributed by atoms with Crippen LogP contribution < -0.4 is 0 Å². The van der Waals surface area contributed by atoms with Crippen LogP contribution >= 0.6 is 31.9 Å². The lowest BCUT2D eigenvalue weighted by Crippen LogP contribution is -1.61. The molecule has 0 N–H and O–H groups in total. The molecule has 2 rings (SSSR count). The molecule has 0 spiro atoms. The van der Waals surface area contributed by atoms with Crippen LogP contribution in [0.3, 0.4) is 0 Å². The molecule has 0 atom stereocenters. The lowest BCUT2D eigenvalue weighted by Gasteiger charge is -1.86. The molecule has 0 aliphatic heterocycles. The molecule has 0 bridgehead atoms. The van der Waals surface area contributed by atoms with Crippen LogP contribution in [0.5, 0.6) is 0 Å². The van der Waals surface area contributed by atoms with Gasteiger partial charge in [-0.05, 0) is 58.9 Å². The van der Waals surface area contributed by atoms with E-state index in [-0.39, 0.29) is 0 Å². The van der Waals surface area contributed by atoms with E-state index in [0.717, 1.165) is 8.95 Å². The standard InChI is InChI=1S/2C6H4BrNO/c2*7-5-1-3-6(8-9)4-2-5/h2*1-4H. The quantitative estimate of drug-likeness (QED) is 0.636. The molecule has 0 unspecified atom stereocenters. The highest BCUT2D eigenvalue weighted by Gasteiger charge is 1.88. The topological polar surface area (TPSA) is 58.9 Å². The van der Waals surface area contributed by atoms with E-state index < -0.39 is 0 Å². The molecule has 0 heterocycles. The Morgan fingerprint density at radius 3 is 1.11 bits per heavy atom. The maximum atomic E-state index is 9.85. The Kier molecular flexibility index (Phi) is 6.38. The first-order valence-corrected chi connectivity index (χ1v) is 6.42. The molecule has 0 saturated carbocycles. The largest absolute Gasteiger partial charge is 0.145 e. The highest BCUT2D eigenvalue weighted by molar-refractivity contribution is 9.10. The van der Waals surface area contributed by atoms with Gasteiger partial charge in [0.05, 0.1) is 0 Å². The average molecular weight is 372 g/mol. The summed E-state index contributed by atoms with van der Waals surface area (Å²) in [7, 11) is 0. The second-order valence-corrected chi connectivity index (χ2v) is 4.97. The first-order chi connectivity index (χ1) is 8.65.